The molecule has 2 aliphatic rings. The normalized spacial score (nSPS) is 22.8. The van der Waals surface area contributed by atoms with Crippen LogP contribution in [0.3, 0.4) is 0 Å². The zero-order chi connectivity index (χ0) is 22.8. The van der Waals surface area contributed by atoms with Gasteiger partial charge in [-0.15, -0.1) is 0 Å². The Labute approximate surface area is 197 Å². The summed E-state index contributed by atoms with van der Waals surface area (Å²) < 4.78 is 20.1. The minimum atomic E-state index is -0.769. The van der Waals surface area contributed by atoms with E-state index >= 15 is 0 Å². The molecule has 2 aliphatic carbocycles. The van der Waals surface area contributed by atoms with Crippen LogP contribution in [-0.2, 0) is 14.3 Å². The molecule has 0 aromatic heterocycles. The summed E-state index contributed by atoms with van der Waals surface area (Å²) in [5, 5.41) is 0. The molecule has 4 rings (SSSR count). The van der Waals surface area contributed by atoms with Crippen molar-refractivity contribution in [1.29, 1.82) is 0 Å². The lowest BCUT2D eigenvalue weighted by atomic mass is 9.83. The largest absolute Gasteiger partial charge is 0.466 e. The van der Waals surface area contributed by atoms with Gasteiger partial charge in [-0.2, -0.15) is 0 Å². The number of methoxy groups -OCH3 is 1. The summed E-state index contributed by atoms with van der Waals surface area (Å²) in [5.74, 6) is -1.05. The van der Waals surface area contributed by atoms with Gasteiger partial charge >= 0.3 is 5.97 Å². The maximum Gasteiger partial charge on any atom is 0.330 e. The second kappa shape index (κ2) is 9.61. The van der Waals surface area contributed by atoms with Crippen molar-refractivity contribution < 1.29 is 18.7 Å². The standard InChI is InChI=1S/C25H24BBrFNO3/c1-32-23(30)9-3-16-11-20(28)14-21(12-16)29(24(26)17-5-7-19(27)8-6-17)25(31)22-13-15-2-4-18(22)10-15/h3,5-9,11-12,14-15,18,22,24H,2,4,10,13H2,1H3/b9-3+. The summed E-state index contributed by atoms with van der Waals surface area (Å²) in [6.07, 6.45) is 6.85. The fourth-order valence-electron chi connectivity index (χ4n) is 5.02. The Kier molecular flexibility index (Phi) is 6.84. The molecule has 2 aromatic carbocycles. The Bertz CT molecular complexity index is 1040. The number of nitrogens with zero attached hydrogens (tertiary/aromatic N) is 1. The minimum Gasteiger partial charge on any atom is -0.466 e. The van der Waals surface area contributed by atoms with E-state index in [0.29, 0.717) is 23.1 Å². The third kappa shape index (κ3) is 4.83. The number of benzene rings is 2. The Balaban J connectivity index is 1.72. The Morgan fingerprint density at radius 3 is 2.56 bits per heavy atom. The van der Waals surface area contributed by atoms with E-state index in [4.69, 9.17) is 7.85 Å². The van der Waals surface area contributed by atoms with E-state index in [1.807, 2.05) is 24.3 Å². The highest BCUT2D eigenvalue weighted by molar-refractivity contribution is 9.10. The van der Waals surface area contributed by atoms with Crippen molar-refractivity contribution in [3.63, 3.8) is 0 Å². The van der Waals surface area contributed by atoms with E-state index in [-0.39, 0.29) is 11.8 Å². The molecule has 2 aromatic rings. The smallest absolute Gasteiger partial charge is 0.330 e. The number of amides is 1. The van der Waals surface area contributed by atoms with Gasteiger partial charge in [0.25, 0.3) is 0 Å². The van der Waals surface area contributed by atoms with Crippen molar-refractivity contribution in [1.82, 2.24) is 0 Å². The van der Waals surface area contributed by atoms with E-state index in [1.54, 1.807) is 6.07 Å². The van der Waals surface area contributed by atoms with Gasteiger partial charge in [0.05, 0.1) is 7.11 Å². The van der Waals surface area contributed by atoms with Gasteiger partial charge in [0.2, 0.25) is 5.91 Å². The van der Waals surface area contributed by atoms with Crippen LogP contribution < -0.4 is 4.90 Å². The van der Waals surface area contributed by atoms with Gasteiger partial charge in [-0.3, -0.25) is 4.79 Å². The van der Waals surface area contributed by atoms with Crippen LogP contribution >= 0.6 is 15.9 Å². The molecular weight excluding hydrogens is 472 g/mol. The van der Waals surface area contributed by atoms with Crippen LogP contribution in [0.2, 0.25) is 0 Å². The summed E-state index contributed by atoms with van der Waals surface area (Å²) in [7, 11) is 7.88. The van der Waals surface area contributed by atoms with E-state index in [1.165, 1.54) is 42.7 Å². The molecule has 4 atom stereocenters. The van der Waals surface area contributed by atoms with Crippen molar-refractivity contribution in [2.75, 3.05) is 12.0 Å². The second-order valence-corrected chi connectivity index (χ2v) is 9.50. The average molecular weight is 496 g/mol. The van der Waals surface area contributed by atoms with Crippen molar-refractivity contribution in [3.05, 3.63) is 70.0 Å². The van der Waals surface area contributed by atoms with Gasteiger partial charge in [0.1, 0.15) is 13.7 Å². The predicted octanol–water partition coefficient (Wildman–Crippen LogP) is 5.41. The Hall–Kier alpha value is -2.41. The fourth-order valence-corrected chi connectivity index (χ4v) is 5.29. The van der Waals surface area contributed by atoms with Crippen LogP contribution in [0.25, 0.3) is 6.08 Å². The lowest BCUT2D eigenvalue weighted by Gasteiger charge is -2.35. The average Bonchev–Trinajstić information content (AvgIpc) is 3.41. The quantitative estimate of drug-likeness (QED) is 0.305. The van der Waals surface area contributed by atoms with Crippen LogP contribution in [-0.4, -0.2) is 26.8 Å². The van der Waals surface area contributed by atoms with Gasteiger partial charge in [-0.25, -0.2) is 9.18 Å². The van der Waals surface area contributed by atoms with E-state index in [0.717, 1.165) is 29.3 Å². The number of carbonyl (C=O) groups is 2. The lowest BCUT2D eigenvalue weighted by molar-refractivity contribution is -0.134. The van der Waals surface area contributed by atoms with Crippen LogP contribution in [0, 0.1) is 23.6 Å². The second-order valence-electron chi connectivity index (χ2n) is 8.59. The summed E-state index contributed by atoms with van der Waals surface area (Å²) in [6.45, 7) is 0. The number of halogens is 2. The highest BCUT2D eigenvalue weighted by atomic mass is 79.9. The van der Waals surface area contributed by atoms with Crippen LogP contribution in [0.15, 0.2) is 53.0 Å². The summed E-state index contributed by atoms with van der Waals surface area (Å²) in [4.78, 5) is 26.8. The van der Waals surface area contributed by atoms with E-state index in [9.17, 15) is 14.0 Å². The number of anilines is 1. The number of ether oxygens (including phenoxy) is 1. The molecule has 0 heterocycles. The molecule has 0 N–H and O–H groups in total. The van der Waals surface area contributed by atoms with Gasteiger partial charge in [0, 0.05) is 28.1 Å². The molecule has 2 bridgehead atoms. The summed E-state index contributed by atoms with van der Waals surface area (Å²) in [6, 6.07) is 11.7. The van der Waals surface area contributed by atoms with Crippen molar-refractivity contribution in [3.8, 4) is 0 Å². The fraction of sp³-hybridized carbons (Fsp3) is 0.360. The van der Waals surface area contributed by atoms with E-state index in [2.05, 4.69) is 20.7 Å². The molecule has 1 amide bonds. The number of hydrogen-bond donors (Lipinski definition) is 0. The third-order valence-electron chi connectivity index (χ3n) is 6.58. The molecule has 164 valence electrons. The van der Waals surface area contributed by atoms with Gasteiger partial charge in [-0.05, 0) is 78.6 Å². The molecule has 2 saturated carbocycles. The topological polar surface area (TPSA) is 46.6 Å². The molecular formula is C25H24BBrFNO3. The molecule has 0 aliphatic heterocycles. The van der Waals surface area contributed by atoms with Crippen molar-refractivity contribution in [2.24, 2.45) is 17.8 Å². The van der Waals surface area contributed by atoms with Crippen LogP contribution in [0.5, 0.6) is 0 Å². The summed E-state index contributed by atoms with van der Waals surface area (Å²) >= 11 is 3.42. The van der Waals surface area contributed by atoms with Gasteiger partial charge < -0.3 is 9.64 Å². The number of carbonyl (C=O) groups excluding carboxylic acids is 2. The molecule has 32 heavy (non-hydrogen) atoms. The molecule has 2 fully saturated rings. The maximum absolute atomic E-state index is 14.6. The van der Waals surface area contributed by atoms with Crippen molar-refractivity contribution >= 4 is 47.4 Å². The Morgan fingerprint density at radius 1 is 1.19 bits per heavy atom. The third-order valence-corrected chi connectivity index (χ3v) is 7.11. The first kappa shape index (κ1) is 22.8. The monoisotopic (exact) mass is 495 g/mol. The highest BCUT2D eigenvalue weighted by Gasteiger charge is 2.45. The molecule has 0 saturated heterocycles. The van der Waals surface area contributed by atoms with Crippen LogP contribution in [0.4, 0.5) is 10.1 Å². The molecule has 2 radical (unpaired) electrons. The molecule has 0 spiro atoms. The highest BCUT2D eigenvalue weighted by Crippen LogP contribution is 2.49. The number of esters is 1. The predicted molar refractivity (Wildman–Crippen MR) is 127 cm³/mol. The van der Waals surface area contributed by atoms with Crippen LogP contribution in [0.1, 0.15) is 42.8 Å². The number of hydrogen-bond acceptors (Lipinski definition) is 3. The minimum absolute atomic E-state index is 0.0684. The summed E-state index contributed by atoms with van der Waals surface area (Å²) in [5.41, 5.74) is 1.57. The first-order valence-corrected chi connectivity index (χ1v) is 11.6. The Morgan fingerprint density at radius 2 is 1.94 bits per heavy atom. The molecule has 7 heteroatoms. The number of rotatable bonds is 6. The van der Waals surface area contributed by atoms with Gasteiger partial charge in [-0.1, -0.05) is 34.5 Å². The zero-order valence-corrected chi connectivity index (χ0v) is 19.4. The van der Waals surface area contributed by atoms with Crippen molar-refractivity contribution in [2.45, 2.75) is 31.6 Å². The number of fused-ring (bicyclic) bond motifs is 2. The zero-order valence-electron chi connectivity index (χ0n) is 17.8. The maximum atomic E-state index is 14.6. The lowest BCUT2D eigenvalue weighted by Crippen LogP contribution is -2.41. The van der Waals surface area contributed by atoms with Gasteiger partial charge in [0.15, 0.2) is 0 Å². The first-order chi connectivity index (χ1) is 15.4. The van der Waals surface area contributed by atoms with E-state index < -0.39 is 17.7 Å². The SMILES string of the molecule is [B]C(c1ccc(Br)cc1)N(C(=O)C1CC2CCC1C2)c1cc(F)cc(/C=C/C(=O)OC)c1. The first-order valence-electron chi connectivity index (χ1n) is 10.8. The molecule has 4 unspecified atom stereocenters. The molecule has 4 nitrogen and oxygen atoms in total.